The lowest BCUT2D eigenvalue weighted by Gasteiger charge is -2.20. The van der Waals surface area contributed by atoms with Gasteiger partial charge in [0.25, 0.3) is 0 Å². The molecule has 0 aromatic heterocycles. The Kier molecular flexibility index (Phi) is 3.76. The van der Waals surface area contributed by atoms with E-state index in [1.807, 2.05) is 12.1 Å². The minimum Gasteiger partial charge on any atom is -0.493 e. The van der Waals surface area contributed by atoms with Gasteiger partial charge in [-0.1, -0.05) is 12.1 Å². The second-order valence-electron chi connectivity index (χ2n) is 4.17. The van der Waals surface area contributed by atoms with Crippen molar-refractivity contribution in [2.75, 3.05) is 20.3 Å². The lowest BCUT2D eigenvalue weighted by atomic mass is 9.97. The molecule has 0 radical (unpaired) electrons. The summed E-state index contributed by atoms with van der Waals surface area (Å²) < 4.78 is 10.5. The van der Waals surface area contributed by atoms with Crippen LogP contribution < -0.4 is 10.5 Å². The molecule has 1 aromatic carbocycles. The summed E-state index contributed by atoms with van der Waals surface area (Å²) in [7, 11) is 1.53. The van der Waals surface area contributed by atoms with Crippen molar-refractivity contribution in [3.63, 3.8) is 0 Å². The van der Waals surface area contributed by atoms with Crippen molar-refractivity contribution in [2.45, 2.75) is 18.9 Å². The van der Waals surface area contributed by atoms with Crippen molar-refractivity contribution >= 4 is 5.78 Å². The zero-order chi connectivity index (χ0) is 12.3. The van der Waals surface area contributed by atoms with Crippen molar-refractivity contribution < 1.29 is 14.3 Å². The third-order valence-corrected chi connectivity index (χ3v) is 2.88. The number of hydrogen-bond acceptors (Lipinski definition) is 4. The maximum atomic E-state index is 12.1. The number of ether oxygens (including phenoxy) is 2. The van der Waals surface area contributed by atoms with Gasteiger partial charge in [-0.15, -0.1) is 0 Å². The molecule has 1 heterocycles. The topological polar surface area (TPSA) is 61.5 Å². The Bertz CT molecular complexity index is 417. The Labute approximate surface area is 101 Å². The van der Waals surface area contributed by atoms with E-state index in [-0.39, 0.29) is 12.4 Å². The number of methoxy groups -OCH3 is 1. The predicted octanol–water partition coefficient (Wildman–Crippen LogP) is 1.17. The number of nitrogens with two attached hydrogens (primary N) is 1. The minimum absolute atomic E-state index is 0.120. The van der Waals surface area contributed by atoms with Gasteiger partial charge < -0.3 is 15.2 Å². The van der Waals surface area contributed by atoms with E-state index in [9.17, 15) is 4.79 Å². The molecule has 0 saturated carbocycles. The van der Waals surface area contributed by atoms with E-state index in [0.29, 0.717) is 17.9 Å². The number of benzene rings is 1. The lowest BCUT2D eigenvalue weighted by Crippen LogP contribution is -2.35. The molecular formula is C13H17NO3. The Balaban J connectivity index is 2.29. The molecule has 17 heavy (non-hydrogen) atoms. The van der Waals surface area contributed by atoms with Crippen LogP contribution in [0.2, 0.25) is 0 Å². The standard InChI is InChI=1S/C13H17NO3/c1-16-8-11(14)12(15)10-6-2-4-9-5-3-7-17-13(9)10/h2,4,6,11H,3,5,7-8,14H2,1H3. The number of carbonyl (C=O) groups excluding carboxylic acids is 1. The van der Waals surface area contributed by atoms with Crippen LogP contribution in [0.1, 0.15) is 22.3 Å². The van der Waals surface area contributed by atoms with Gasteiger partial charge in [-0.2, -0.15) is 0 Å². The number of carbonyl (C=O) groups is 1. The fourth-order valence-corrected chi connectivity index (χ4v) is 2.04. The molecule has 2 N–H and O–H groups in total. The van der Waals surface area contributed by atoms with Gasteiger partial charge in [-0.25, -0.2) is 0 Å². The molecule has 4 heteroatoms. The maximum Gasteiger partial charge on any atom is 0.185 e. The predicted molar refractivity (Wildman–Crippen MR) is 64.4 cm³/mol. The van der Waals surface area contributed by atoms with Gasteiger partial charge >= 0.3 is 0 Å². The summed E-state index contributed by atoms with van der Waals surface area (Å²) >= 11 is 0. The third-order valence-electron chi connectivity index (χ3n) is 2.88. The molecule has 1 aromatic rings. The molecule has 2 rings (SSSR count). The highest BCUT2D eigenvalue weighted by atomic mass is 16.5. The van der Waals surface area contributed by atoms with Gasteiger partial charge in [0.1, 0.15) is 5.75 Å². The van der Waals surface area contributed by atoms with Crippen molar-refractivity contribution in [2.24, 2.45) is 5.73 Å². The molecule has 1 aliphatic rings. The highest BCUT2D eigenvalue weighted by Gasteiger charge is 2.23. The van der Waals surface area contributed by atoms with Crippen LogP contribution in [0.15, 0.2) is 18.2 Å². The van der Waals surface area contributed by atoms with Crippen LogP contribution in [0.3, 0.4) is 0 Å². The summed E-state index contributed by atoms with van der Waals surface area (Å²) in [6.07, 6.45) is 1.95. The fraction of sp³-hybridized carbons (Fsp3) is 0.462. The molecule has 0 saturated heterocycles. The summed E-state index contributed by atoms with van der Waals surface area (Å²) in [4.78, 5) is 12.1. The summed E-state index contributed by atoms with van der Waals surface area (Å²) in [5.74, 6) is 0.584. The van der Waals surface area contributed by atoms with E-state index in [2.05, 4.69) is 0 Å². The number of Topliss-reactive ketones (excluding diaryl/α,β-unsaturated/α-hetero) is 1. The molecule has 1 atom stereocenters. The first kappa shape index (κ1) is 12.1. The second-order valence-corrected chi connectivity index (χ2v) is 4.17. The van der Waals surface area contributed by atoms with Gasteiger partial charge in [-0.3, -0.25) is 4.79 Å². The van der Waals surface area contributed by atoms with E-state index in [1.54, 1.807) is 6.07 Å². The van der Waals surface area contributed by atoms with Crippen molar-refractivity contribution in [1.29, 1.82) is 0 Å². The van der Waals surface area contributed by atoms with Crippen molar-refractivity contribution in [3.05, 3.63) is 29.3 Å². The number of fused-ring (bicyclic) bond motifs is 1. The summed E-state index contributed by atoms with van der Waals surface area (Å²) in [6.45, 7) is 0.888. The number of rotatable bonds is 4. The number of hydrogen-bond donors (Lipinski definition) is 1. The van der Waals surface area contributed by atoms with Crippen LogP contribution in [0.25, 0.3) is 0 Å². The van der Waals surface area contributed by atoms with Crippen molar-refractivity contribution in [3.8, 4) is 5.75 Å². The Hall–Kier alpha value is -1.39. The molecule has 0 aliphatic carbocycles. The first-order chi connectivity index (χ1) is 8.24. The zero-order valence-corrected chi connectivity index (χ0v) is 9.94. The van der Waals surface area contributed by atoms with Crippen molar-refractivity contribution in [1.82, 2.24) is 0 Å². The SMILES string of the molecule is COCC(N)C(=O)c1cccc2c1OCCC2. The maximum absolute atomic E-state index is 12.1. The third kappa shape index (κ3) is 2.48. The van der Waals surface area contributed by atoms with Gasteiger partial charge in [0.05, 0.1) is 24.8 Å². The minimum atomic E-state index is -0.628. The first-order valence-electron chi connectivity index (χ1n) is 5.77. The van der Waals surface area contributed by atoms with E-state index in [0.717, 1.165) is 18.4 Å². The second kappa shape index (κ2) is 5.29. The molecule has 92 valence electrons. The van der Waals surface area contributed by atoms with E-state index < -0.39 is 6.04 Å². The van der Waals surface area contributed by atoms with Gasteiger partial charge in [0.2, 0.25) is 0 Å². The zero-order valence-electron chi connectivity index (χ0n) is 9.94. The van der Waals surface area contributed by atoms with Crippen LogP contribution >= 0.6 is 0 Å². The Morgan fingerprint density at radius 1 is 1.59 bits per heavy atom. The summed E-state index contributed by atoms with van der Waals surface area (Å²) in [5, 5.41) is 0. The average Bonchev–Trinajstić information content (AvgIpc) is 2.37. The van der Waals surface area contributed by atoms with Crippen LogP contribution in [0.4, 0.5) is 0 Å². The molecular weight excluding hydrogens is 218 g/mol. The first-order valence-corrected chi connectivity index (χ1v) is 5.77. The Morgan fingerprint density at radius 3 is 3.18 bits per heavy atom. The molecule has 0 bridgehead atoms. The highest BCUT2D eigenvalue weighted by Crippen LogP contribution is 2.29. The molecule has 0 amide bonds. The monoisotopic (exact) mass is 235 g/mol. The van der Waals surface area contributed by atoms with Crippen LogP contribution in [-0.2, 0) is 11.2 Å². The average molecular weight is 235 g/mol. The van der Waals surface area contributed by atoms with E-state index in [4.69, 9.17) is 15.2 Å². The van der Waals surface area contributed by atoms with Gasteiger partial charge in [-0.05, 0) is 24.5 Å². The molecule has 1 aliphatic heterocycles. The van der Waals surface area contributed by atoms with Gasteiger partial charge in [0.15, 0.2) is 5.78 Å². The summed E-state index contributed by atoms with van der Waals surface area (Å²) in [6, 6.07) is 5.01. The van der Waals surface area contributed by atoms with Crippen LogP contribution in [0.5, 0.6) is 5.75 Å². The quantitative estimate of drug-likeness (QED) is 0.796. The molecule has 0 fully saturated rings. The Morgan fingerprint density at radius 2 is 2.41 bits per heavy atom. The van der Waals surface area contributed by atoms with Crippen LogP contribution in [-0.4, -0.2) is 32.1 Å². The van der Waals surface area contributed by atoms with Gasteiger partial charge in [0, 0.05) is 7.11 Å². The van der Waals surface area contributed by atoms with Crippen LogP contribution in [0, 0.1) is 0 Å². The normalized spacial score (nSPS) is 15.9. The number of ketones is 1. The van der Waals surface area contributed by atoms with E-state index in [1.165, 1.54) is 7.11 Å². The van der Waals surface area contributed by atoms with E-state index >= 15 is 0 Å². The molecule has 4 nitrogen and oxygen atoms in total. The molecule has 0 spiro atoms. The summed E-state index contributed by atoms with van der Waals surface area (Å²) in [5.41, 5.74) is 7.43. The number of para-hydroxylation sites is 1. The highest BCUT2D eigenvalue weighted by molar-refractivity contribution is 6.02. The largest absolute Gasteiger partial charge is 0.493 e. The number of aryl methyl sites for hydroxylation is 1. The smallest absolute Gasteiger partial charge is 0.185 e. The molecule has 1 unspecified atom stereocenters. The lowest BCUT2D eigenvalue weighted by molar-refractivity contribution is 0.0887. The fourth-order valence-electron chi connectivity index (χ4n) is 2.04.